The molecule has 4 nitrogen and oxygen atoms in total. The number of benzene rings is 1. The van der Waals surface area contributed by atoms with Crippen LogP contribution in [0, 0.1) is 6.92 Å². The van der Waals surface area contributed by atoms with E-state index in [1.165, 1.54) is 4.80 Å². The summed E-state index contributed by atoms with van der Waals surface area (Å²) in [6.07, 6.45) is 0. The van der Waals surface area contributed by atoms with Crippen molar-refractivity contribution in [2.75, 3.05) is 0 Å². The van der Waals surface area contributed by atoms with Gasteiger partial charge in [0.2, 0.25) is 0 Å². The third-order valence-corrected chi connectivity index (χ3v) is 1.82. The van der Waals surface area contributed by atoms with Gasteiger partial charge in [0, 0.05) is 5.02 Å². The van der Waals surface area contributed by atoms with Gasteiger partial charge in [-0.1, -0.05) is 11.6 Å². The van der Waals surface area contributed by atoms with Crippen molar-refractivity contribution in [3.63, 3.8) is 0 Å². The second-order valence-corrected chi connectivity index (χ2v) is 3.04. The van der Waals surface area contributed by atoms with Crippen LogP contribution in [-0.2, 0) is 0 Å². The Morgan fingerprint density at radius 3 is 2.46 bits per heavy atom. The summed E-state index contributed by atoms with van der Waals surface area (Å²) in [5.41, 5.74) is 0.852. The minimum atomic E-state index is 0.648. The van der Waals surface area contributed by atoms with Crippen LogP contribution in [0.1, 0.15) is 5.82 Å². The van der Waals surface area contributed by atoms with Crippen molar-refractivity contribution in [2.24, 2.45) is 0 Å². The molecule has 2 aromatic rings. The van der Waals surface area contributed by atoms with Crippen molar-refractivity contribution in [3.05, 3.63) is 35.1 Å². The molecule has 66 valence electrons. The lowest BCUT2D eigenvalue weighted by Gasteiger charge is -1.96. The molecule has 13 heavy (non-hydrogen) atoms. The zero-order valence-corrected chi connectivity index (χ0v) is 7.73. The SMILES string of the molecule is Cc1nnn(-c2ccc(Cl)cc2)n1. The summed E-state index contributed by atoms with van der Waals surface area (Å²) < 4.78 is 0. The summed E-state index contributed by atoms with van der Waals surface area (Å²) in [5.74, 6) is 0.648. The van der Waals surface area contributed by atoms with E-state index < -0.39 is 0 Å². The lowest BCUT2D eigenvalue weighted by Crippen LogP contribution is -1.98. The molecule has 0 fully saturated rings. The van der Waals surface area contributed by atoms with Gasteiger partial charge in [0.1, 0.15) is 0 Å². The molecule has 1 heterocycles. The number of rotatable bonds is 1. The fourth-order valence-electron chi connectivity index (χ4n) is 0.968. The van der Waals surface area contributed by atoms with E-state index in [9.17, 15) is 0 Å². The van der Waals surface area contributed by atoms with Crippen LogP contribution in [-0.4, -0.2) is 20.2 Å². The normalized spacial score (nSPS) is 10.3. The number of aryl methyl sites for hydroxylation is 1. The molecular weight excluding hydrogens is 188 g/mol. The first-order valence-electron chi connectivity index (χ1n) is 3.78. The number of hydrogen-bond donors (Lipinski definition) is 0. The molecule has 0 aliphatic heterocycles. The molecule has 0 unspecified atom stereocenters. The topological polar surface area (TPSA) is 43.6 Å². The molecule has 0 amide bonds. The van der Waals surface area contributed by atoms with E-state index in [0.717, 1.165) is 5.69 Å². The molecule has 0 aliphatic rings. The molecule has 0 atom stereocenters. The van der Waals surface area contributed by atoms with E-state index in [4.69, 9.17) is 11.6 Å². The predicted octanol–water partition coefficient (Wildman–Crippen LogP) is 1.62. The quantitative estimate of drug-likeness (QED) is 0.693. The second kappa shape index (κ2) is 3.14. The Labute approximate surface area is 80.1 Å². The Kier molecular flexibility index (Phi) is 1.98. The van der Waals surface area contributed by atoms with Crippen molar-refractivity contribution in [2.45, 2.75) is 6.92 Å². The molecule has 0 spiro atoms. The van der Waals surface area contributed by atoms with E-state index >= 15 is 0 Å². The average Bonchev–Trinajstić information content (AvgIpc) is 2.53. The molecule has 2 rings (SSSR count). The monoisotopic (exact) mass is 194 g/mol. The Morgan fingerprint density at radius 2 is 1.92 bits per heavy atom. The highest BCUT2D eigenvalue weighted by Gasteiger charge is 1.99. The van der Waals surface area contributed by atoms with Crippen LogP contribution >= 0.6 is 11.6 Å². The summed E-state index contributed by atoms with van der Waals surface area (Å²) in [4.78, 5) is 1.46. The van der Waals surface area contributed by atoms with Crippen LogP contribution in [0.3, 0.4) is 0 Å². The van der Waals surface area contributed by atoms with Gasteiger partial charge in [0.15, 0.2) is 5.82 Å². The molecule has 0 N–H and O–H groups in total. The van der Waals surface area contributed by atoms with Crippen LogP contribution in [0.15, 0.2) is 24.3 Å². The lowest BCUT2D eigenvalue weighted by atomic mass is 10.3. The maximum Gasteiger partial charge on any atom is 0.172 e. The Bertz CT molecular complexity index is 406. The van der Waals surface area contributed by atoms with Crippen molar-refractivity contribution in [1.82, 2.24) is 20.2 Å². The first-order chi connectivity index (χ1) is 6.25. The van der Waals surface area contributed by atoms with Gasteiger partial charge in [-0.3, -0.25) is 0 Å². The highest BCUT2D eigenvalue weighted by Crippen LogP contribution is 2.11. The van der Waals surface area contributed by atoms with Gasteiger partial charge in [0.05, 0.1) is 5.69 Å². The zero-order chi connectivity index (χ0) is 9.26. The smallest absolute Gasteiger partial charge is 0.132 e. The molecule has 1 aromatic carbocycles. The fraction of sp³-hybridized carbons (Fsp3) is 0.125. The maximum absolute atomic E-state index is 5.74. The van der Waals surface area contributed by atoms with Crippen molar-refractivity contribution in [3.8, 4) is 5.69 Å². The largest absolute Gasteiger partial charge is 0.172 e. The summed E-state index contributed by atoms with van der Waals surface area (Å²) >= 11 is 5.74. The van der Waals surface area contributed by atoms with E-state index in [1.807, 2.05) is 12.1 Å². The van der Waals surface area contributed by atoms with Gasteiger partial charge in [-0.05, 0) is 36.4 Å². The van der Waals surface area contributed by atoms with Gasteiger partial charge in [-0.15, -0.1) is 15.0 Å². The Hall–Kier alpha value is -1.42. The minimum Gasteiger partial charge on any atom is -0.132 e. The van der Waals surface area contributed by atoms with Gasteiger partial charge >= 0.3 is 0 Å². The number of nitrogens with zero attached hydrogens (tertiary/aromatic N) is 4. The fourth-order valence-corrected chi connectivity index (χ4v) is 1.09. The lowest BCUT2D eigenvalue weighted by molar-refractivity contribution is 0.719. The first-order valence-corrected chi connectivity index (χ1v) is 4.16. The van der Waals surface area contributed by atoms with Gasteiger partial charge in [-0.25, -0.2) is 0 Å². The molecule has 0 saturated carbocycles. The number of halogens is 1. The molecule has 0 bridgehead atoms. The van der Waals surface area contributed by atoms with E-state index in [-0.39, 0.29) is 0 Å². The van der Waals surface area contributed by atoms with Crippen molar-refractivity contribution in [1.29, 1.82) is 0 Å². The third kappa shape index (κ3) is 1.67. The Morgan fingerprint density at radius 1 is 1.23 bits per heavy atom. The standard InChI is InChI=1S/C8H7ClN4/c1-6-10-12-13(11-6)8-4-2-7(9)3-5-8/h2-5H,1H3. The van der Waals surface area contributed by atoms with Crippen LogP contribution in [0.25, 0.3) is 5.69 Å². The summed E-state index contributed by atoms with van der Waals surface area (Å²) in [7, 11) is 0. The van der Waals surface area contributed by atoms with E-state index in [1.54, 1.807) is 19.1 Å². The van der Waals surface area contributed by atoms with Crippen molar-refractivity contribution < 1.29 is 0 Å². The average molecular weight is 195 g/mol. The van der Waals surface area contributed by atoms with Gasteiger partial charge in [0.25, 0.3) is 0 Å². The van der Waals surface area contributed by atoms with Crippen molar-refractivity contribution >= 4 is 11.6 Å². The number of hydrogen-bond acceptors (Lipinski definition) is 3. The van der Waals surface area contributed by atoms with Crippen LogP contribution in [0.2, 0.25) is 5.02 Å². The predicted molar refractivity (Wildman–Crippen MR) is 48.9 cm³/mol. The Balaban J connectivity index is 2.41. The molecular formula is C8H7ClN4. The van der Waals surface area contributed by atoms with Crippen LogP contribution in [0.4, 0.5) is 0 Å². The van der Waals surface area contributed by atoms with Gasteiger partial charge < -0.3 is 0 Å². The highest BCUT2D eigenvalue weighted by atomic mass is 35.5. The van der Waals surface area contributed by atoms with E-state index in [0.29, 0.717) is 10.8 Å². The molecule has 0 radical (unpaired) electrons. The molecule has 0 saturated heterocycles. The third-order valence-electron chi connectivity index (χ3n) is 1.57. The molecule has 0 aliphatic carbocycles. The first kappa shape index (κ1) is 8.19. The van der Waals surface area contributed by atoms with Crippen LogP contribution < -0.4 is 0 Å². The minimum absolute atomic E-state index is 0.648. The molecule has 5 heteroatoms. The van der Waals surface area contributed by atoms with Gasteiger partial charge in [-0.2, -0.15) is 0 Å². The summed E-state index contributed by atoms with van der Waals surface area (Å²) in [6.45, 7) is 1.79. The zero-order valence-electron chi connectivity index (χ0n) is 6.98. The molecule has 1 aromatic heterocycles. The van der Waals surface area contributed by atoms with Crippen LogP contribution in [0.5, 0.6) is 0 Å². The van der Waals surface area contributed by atoms with E-state index in [2.05, 4.69) is 15.4 Å². The number of aromatic nitrogens is 4. The summed E-state index contributed by atoms with van der Waals surface area (Å²) in [5, 5.41) is 12.4. The number of tetrazole rings is 1. The summed E-state index contributed by atoms with van der Waals surface area (Å²) in [6, 6.07) is 7.25. The highest BCUT2D eigenvalue weighted by molar-refractivity contribution is 6.30. The second-order valence-electron chi connectivity index (χ2n) is 2.60. The maximum atomic E-state index is 5.74.